The SMILES string of the molecule is N#CC(=Cc1ccccc1Sc1ccccc1)c1ccc(C(=O)O)cc1. The number of allylic oxidation sites excluding steroid dienone is 1. The summed E-state index contributed by atoms with van der Waals surface area (Å²) in [6.45, 7) is 0. The van der Waals surface area contributed by atoms with Gasteiger partial charge in [0.1, 0.15) is 0 Å². The third kappa shape index (κ3) is 4.21. The molecule has 0 unspecified atom stereocenters. The van der Waals surface area contributed by atoms with Gasteiger partial charge >= 0.3 is 5.97 Å². The highest BCUT2D eigenvalue weighted by molar-refractivity contribution is 7.99. The van der Waals surface area contributed by atoms with Crippen LogP contribution in [0.25, 0.3) is 11.6 Å². The van der Waals surface area contributed by atoms with Crippen molar-refractivity contribution in [2.75, 3.05) is 0 Å². The lowest BCUT2D eigenvalue weighted by Gasteiger charge is -2.07. The molecule has 0 atom stereocenters. The fourth-order valence-electron chi connectivity index (χ4n) is 2.44. The van der Waals surface area contributed by atoms with Gasteiger partial charge in [0.15, 0.2) is 0 Å². The molecule has 3 nitrogen and oxygen atoms in total. The Morgan fingerprint density at radius 2 is 1.50 bits per heavy atom. The molecule has 3 aromatic rings. The lowest BCUT2D eigenvalue weighted by atomic mass is 10.0. The van der Waals surface area contributed by atoms with Gasteiger partial charge in [0.05, 0.1) is 17.2 Å². The first kappa shape index (κ1) is 17.5. The van der Waals surface area contributed by atoms with E-state index in [1.807, 2.05) is 60.7 Å². The van der Waals surface area contributed by atoms with Crippen molar-refractivity contribution in [3.63, 3.8) is 0 Å². The molecule has 0 aliphatic carbocycles. The van der Waals surface area contributed by atoms with E-state index in [-0.39, 0.29) is 5.56 Å². The summed E-state index contributed by atoms with van der Waals surface area (Å²) in [5.41, 5.74) is 2.33. The first-order valence-corrected chi connectivity index (χ1v) is 8.76. The highest BCUT2D eigenvalue weighted by Crippen LogP contribution is 2.32. The predicted octanol–water partition coefficient (Wildman–Crippen LogP) is 5.60. The number of aromatic carboxylic acids is 1. The van der Waals surface area contributed by atoms with Gasteiger partial charge < -0.3 is 5.11 Å². The van der Waals surface area contributed by atoms with Gasteiger partial charge in [-0.2, -0.15) is 5.26 Å². The minimum atomic E-state index is -0.983. The van der Waals surface area contributed by atoms with E-state index in [0.29, 0.717) is 11.1 Å². The Labute approximate surface area is 156 Å². The molecule has 3 aromatic carbocycles. The Kier molecular flexibility index (Phi) is 5.52. The van der Waals surface area contributed by atoms with Crippen molar-refractivity contribution in [1.82, 2.24) is 0 Å². The van der Waals surface area contributed by atoms with Crippen molar-refractivity contribution in [3.8, 4) is 6.07 Å². The third-order valence-electron chi connectivity index (χ3n) is 3.75. The van der Waals surface area contributed by atoms with E-state index in [1.54, 1.807) is 23.9 Å². The fraction of sp³-hybridized carbons (Fsp3) is 0. The molecule has 3 rings (SSSR count). The van der Waals surface area contributed by atoms with E-state index in [1.165, 1.54) is 12.1 Å². The Hall–Kier alpha value is -3.29. The van der Waals surface area contributed by atoms with Gasteiger partial charge in [-0.15, -0.1) is 0 Å². The van der Waals surface area contributed by atoms with Crippen molar-refractivity contribution in [2.45, 2.75) is 9.79 Å². The molecule has 0 bridgehead atoms. The standard InChI is InChI=1S/C22H15NO2S/c23-15-19(16-10-12-17(13-11-16)22(24)25)14-18-6-4-5-9-21(18)26-20-7-2-1-3-8-20/h1-14H,(H,24,25). The largest absolute Gasteiger partial charge is 0.478 e. The van der Waals surface area contributed by atoms with Gasteiger partial charge in [0.2, 0.25) is 0 Å². The zero-order valence-corrected chi connectivity index (χ0v) is 14.6. The normalized spacial score (nSPS) is 11.0. The molecular formula is C22H15NO2S. The van der Waals surface area contributed by atoms with Crippen LogP contribution in [-0.4, -0.2) is 11.1 Å². The van der Waals surface area contributed by atoms with E-state index in [4.69, 9.17) is 5.11 Å². The minimum Gasteiger partial charge on any atom is -0.478 e. The summed E-state index contributed by atoms with van der Waals surface area (Å²) >= 11 is 1.64. The molecule has 26 heavy (non-hydrogen) atoms. The van der Waals surface area contributed by atoms with Crippen LogP contribution in [0.2, 0.25) is 0 Å². The molecule has 0 spiro atoms. The number of carboxylic acids is 1. The van der Waals surface area contributed by atoms with Gasteiger partial charge in [-0.05, 0) is 47.5 Å². The van der Waals surface area contributed by atoms with E-state index in [2.05, 4.69) is 6.07 Å². The molecule has 0 aliphatic rings. The molecule has 0 radical (unpaired) electrons. The number of carboxylic acid groups (broad SMARTS) is 1. The van der Waals surface area contributed by atoms with Crippen LogP contribution in [0.15, 0.2) is 88.7 Å². The van der Waals surface area contributed by atoms with E-state index >= 15 is 0 Å². The zero-order valence-electron chi connectivity index (χ0n) is 13.8. The summed E-state index contributed by atoms with van der Waals surface area (Å²) in [4.78, 5) is 13.2. The smallest absolute Gasteiger partial charge is 0.335 e. The van der Waals surface area contributed by atoms with Crippen molar-refractivity contribution in [1.29, 1.82) is 5.26 Å². The molecule has 0 aromatic heterocycles. The molecule has 4 heteroatoms. The van der Waals surface area contributed by atoms with Crippen LogP contribution in [0.3, 0.4) is 0 Å². The highest BCUT2D eigenvalue weighted by Gasteiger charge is 2.07. The summed E-state index contributed by atoms with van der Waals surface area (Å²) in [7, 11) is 0. The second-order valence-corrected chi connectivity index (χ2v) is 6.62. The predicted molar refractivity (Wildman–Crippen MR) is 104 cm³/mol. The second-order valence-electron chi connectivity index (χ2n) is 5.51. The van der Waals surface area contributed by atoms with Crippen molar-refractivity contribution >= 4 is 29.4 Å². The average molecular weight is 357 g/mol. The number of rotatable bonds is 5. The number of benzene rings is 3. The van der Waals surface area contributed by atoms with Crippen LogP contribution in [-0.2, 0) is 0 Å². The molecule has 0 fully saturated rings. The monoisotopic (exact) mass is 357 g/mol. The third-order valence-corrected chi connectivity index (χ3v) is 4.85. The maximum atomic E-state index is 11.0. The van der Waals surface area contributed by atoms with Crippen LogP contribution in [0.5, 0.6) is 0 Å². The molecular weight excluding hydrogens is 342 g/mol. The first-order valence-electron chi connectivity index (χ1n) is 7.95. The Balaban J connectivity index is 1.95. The lowest BCUT2D eigenvalue weighted by Crippen LogP contribution is -1.95. The van der Waals surface area contributed by atoms with E-state index < -0.39 is 5.97 Å². The molecule has 1 N–H and O–H groups in total. The average Bonchev–Trinajstić information content (AvgIpc) is 2.68. The fourth-order valence-corrected chi connectivity index (χ4v) is 3.37. The molecule has 0 saturated heterocycles. The maximum Gasteiger partial charge on any atom is 0.335 e. The number of carbonyl (C=O) groups is 1. The van der Waals surface area contributed by atoms with Gasteiger partial charge in [0, 0.05) is 9.79 Å². The summed E-state index contributed by atoms with van der Waals surface area (Å²) in [5.74, 6) is -0.983. The Bertz CT molecular complexity index is 987. The lowest BCUT2D eigenvalue weighted by molar-refractivity contribution is 0.0697. The zero-order chi connectivity index (χ0) is 18.4. The summed E-state index contributed by atoms with van der Waals surface area (Å²) < 4.78 is 0. The van der Waals surface area contributed by atoms with Crippen LogP contribution >= 0.6 is 11.8 Å². The maximum absolute atomic E-state index is 11.0. The van der Waals surface area contributed by atoms with Gasteiger partial charge in [-0.25, -0.2) is 4.79 Å². The molecule has 0 heterocycles. The number of hydrogen-bond donors (Lipinski definition) is 1. The van der Waals surface area contributed by atoms with Crippen LogP contribution < -0.4 is 0 Å². The molecule has 0 aliphatic heterocycles. The molecule has 0 saturated carbocycles. The second kappa shape index (κ2) is 8.19. The summed E-state index contributed by atoms with van der Waals surface area (Å²) in [6, 6.07) is 26.5. The van der Waals surface area contributed by atoms with Crippen molar-refractivity contribution < 1.29 is 9.90 Å². The Morgan fingerprint density at radius 3 is 2.15 bits per heavy atom. The van der Waals surface area contributed by atoms with Crippen LogP contribution in [0.1, 0.15) is 21.5 Å². The van der Waals surface area contributed by atoms with Gasteiger partial charge in [0.25, 0.3) is 0 Å². The highest BCUT2D eigenvalue weighted by atomic mass is 32.2. The van der Waals surface area contributed by atoms with Crippen molar-refractivity contribution in [3.05, 3.63) is 95.6 Å². The number of hydrogen-bond acceptors (Lipinski definition) is 3. The van der Waals surface area contributed by atoms with Crippen LogP contribution in [0, 0.1) is 11.3 Å². The molecule has 0 amide bonds. The Morgan fingerprint density at radius 1 is 0.885 bits per heavy atom. The van der Waals surface area contributed by atoms with Crippen LogP contribution in [0.4, 0.5) is 0 Å². The van der Waals surface area contributed by atoms with E-state index in [9.17, 15) is 10.1 Å². The number of nitrogens with zero attached hydrogens (tertiary/aromatic N) is 1. The van der Waals surface area contributed by atoms with E-state index in [0.717, 1.165) is 15.4 Å². The van der Waals surface area contributed by atoms with Crippen molar-refractivity contribution in [2.24, 2.45) is 0 Å². The first-order chi connectivity index (χ1) is 12.7. The quantitative estimate of drug-likeness (QED) is 0.477. The van der Waals surface area contributed by atoms with Gasteiger partial charge in [-0.1, -0.05) is 60.3 Å². The van der Waals surface area contributed by atoms with Gasteiger partial charge in [-0.3, -0.25) is 0 Å². The topological polar surface area (TPSA) is 61.1 Å². The number of nitriles is 1. The summed E-state index contributed by atoms with van der Waals surface area (Å²) in [5, 5.41) is 18.6. The molecule has 126 valence electrons. The summed E-state index contributed by atoms with van der Waals surface area (Å²) in [6.07, 6.45) is 1.83. The minimum absolute atomic E-state index is 0.200.